The zero-order valence-corrected chi connectivity index (χ0v) is 18.0. The lowest BCUT2D eigenvalue weighted by Crippen LogP contribution is -2.17. The molecule has 0 saturated heterocycles. The van der Waals surface area contributed by atoms with E-state index in [1.165, 1.54) is 6.07 Å². The first-order valence-corrected chi connectivity index (χ1v) is 10.5. The largest absolute Gasteiger partial charge is 0.491 e. The van der Waals surface area contributed by atoms with Gasteiger partial charge in [-0.3, -0.25) is 4.79 Å². The molecule has 3 aromatic rings. The van der Waals surface area contributed by atoms with E-state index in [1.807, 2.05) is 30.9 Å². The van der Waals surface area contributed by atoms with Crippen molar-refractivity contribution in [1.29, 1.82) is 0 Å². The van der Waals surface area contributed by atoms with Gasteiger partial charge in [-0.15, -0.1) is 0 Å². The number of aromatic nitrogens is 2. The molecular weight excluding hydrogens is 415 g/mol. The highest BCUT2D eigenvalue weighted by Gasteiger charge is 2.25. The van der Waals surface area contributed by atoms with Crippen LogP contribution in [0.15, 0.2) is 40.9 Å². The Hall–Kier alpha value is -3.46. The van der Waals surface area contributed by atoms with E-state index < -0.39 is 11.8 Å². The second-order valence-electron chi connectivity index (χ2n) is 7.89. The minimum Gasteiger partial charge on any atom is -0.491 e. The van der Waals surface area contributed by atoms with E-state index in [2.05, 4.69) is 21.5 Å². The summed E-state index contributed by atoms with van der Waals surface area (Å²) in [6.07, 6.45) is 0.858. The third-order valence-corrected chi connectivity index (χ3v) is 5.08. The summed E-state index contributed by atoms with van der Waals surface area (Å²) in [5.41, 5.74) is 3.43. The first kappa shape index (κ1) is 21.8. The van der Waals surface area contributed by atoms with E-state index in [4.69, 9.17) is 14.4 Å². The minimum absolute atomic E-state index is 0.0495. The second kappa shape index (κ2) is 9.35. The van der Waals surface area contributed by atoms with Gasteiger partial charge in [0.15, 0.2) is 0 Å². The standard InChI is InChI=1S/C23H25FN4O4/c1-14(2)31-17-4-5-18(19(24)12-17)22-26-23(27-32-22)28-10-8-16-11-15(3-6-20(16)28)13-25-9-7-21(29)30/h3-6,11-12,14,25H,7-10,13H2,1-2H3,(H,29,30). The van der Waals surface area contributed by atoms with Crippen LogP contribution in [0.2, 0.25) is 0 Å². The van der Waals surface area contributed by atoms with E-state index in [0.717, 1.165) is 23.2 Å². The van der Waals surface area contributed by atoms with Gasteiger partial charge in [-0.25, -0.2) is 4.39 Å². The van der Waals surface area contributed by atoms with Gasteiger partial charge < -0.3 is 24.6 Å². The number of carboxylic acids is 1. The number of anilines is 2. The Morgan fingerprint density at radius 2 is 2.16 bits per heavy atom. The van der Waals surface area contributed by atoms with Crippen LogP contribution in [0, 0.1) is 5.82 Å². The summed E-state index contributed by atoms with van der Waals surface area (Å²) >= 11 is 0. The molecule has 168 valence electrons. The van der Waals surface area contributed by atoms with Gasteiger partial charge in [-0.2, -0.15) is 4.98 Å². The number of aliphatic carboxylic acids is 1. The molecule has 0 amide bonds. The van der Waals surface area contributed by atoms with Gasteiger partial charge in [0.05, 0.1) is 18.1 Å². The Morgan fingerprint density at radius 1 is 1.31 bits per heavy atom. The fourth-order valence-corrected chi connectivity index (χ4v) is 3.65. The van der Waals surface area contributed by atoms with Gasteiger partial charge in [0.25, 0.3) is 11.8 Å². The third kappa shape index (κ3) is 4.88. The number of benzene rings is 2. The zero-order valence-electron chi connectivity index (χ0n) is 18.0. The number of ether oxygens (including phenoxy) is 1. The SMILES string of the molecule is CC(C)Oc1ccc(-c2nc(N3CCc4cc(CNCCC(=O)O)ccc43)no2)c(F)c1. The van der Waals surface area contributed by atoms with Crippen LogP contribution in [0.5, 0.6) is 5.75 Å². The summed E-state index contributed by atoms with van der Waals surface area (Å²) < 4.78 is 25.4. The van der Waals surface area contributed by atoms with Crippen LogP contribution in [0.3, 0.4) is 0 Å². The van der Waals surface area contributed by atoms with Crippen molar-refractivity contribution in [3.8, 4) is 17.2 Å². The van der Waals surface area contributed by atoms with Crippen LogP contribution < -0.4 is 15.0 Å². The van der Waals surface area contributed by atoms with Crippen molar-refractivity contribution in [2.45, 2.75) is 39.3 Å². The molecule has 0 aliphatic carbocycles. The molecule has 9 heteroatoms. The number of carbonyl (C=O) groups is 1. The van der Waals surface area contributed by atoms with Crippen molar-refractivity contribution in [3.05, 3.63) is 53.3 Å². The molecule has 0 radical (unpaired) electrons. The number of halogens is 1. The Kier molecular flexibility index (Phi) is 6.36. The number of nitrogens with zero attached hydrogens (tertiary/aromatic N) is 3. The van der Waals surface area contributed by atoms with E-state index in [1.54, 1.807) is 12.1 Å². The van der Waals surface area contributed by atoms with Gasteiger partial charge in [0.2, 0.25) is 0 Å². The average molecular weight is 440 g/mol. The molecule has 32 heavy (non-hydrogen) atoms. The number of hydrogen-bond acceptors (Lipinski definition) is 7. The van der Waals surface area contributed by atoms with Crippen LogP contribution in [0.1, 0.15) is 31.4 Å². The van der Waals surface area contributed by atoms with Crippen LogP contribution in [-0.4, -0.2) is 40.4 Å². The molecule has 0 unspecified atom stereocenters. The molecule has 0 spiro atoms. The number of carboxylic acid groups (broad SMARTS) is 1. The summed E-state index contributed by atoms with van der Waals surface area (Å²) in [6, 6.07) is 10.6. The summed E-state index contributed by atoms with van der Waals surface area (Å²) in [7, 11) is 0. The van der Waals surface area contributed by atoms with E-state index in [-0.39, 0.29) is 24.0 Å². The molecule has 2 heterocycles. The van der Waals surface area contributed by atoms with Crippen LogP contribution in [0.4, 0.5) is 16.0 Å². The quantitative estimate of drug-likeness (QED) is 0.483. The van der Waals surface area contributed by atoms with Crippen LogP contribution in [0.25, 0.3) is 11.5 Å². The molecule has 1 aromatic heterocycles. The maximum Gasteiger partial charge on any atom is 0.304 e. The number of hydrogen-bond donors (Lipinski definition) is 2. The third-order valence-electron chi connectivity index (χ3n) is 5.08. The minimum atomic E-state index is -0.818. The van der Waals surface area contributed by atoms with Crippen molar-refractivity contribution in [2.24, 2.45) is 0 Å². The highest BCUT2D eigenvalue weighted by Crippen LogP contribution is 2.35. The average Bonchev–Trinajstić information content (AvgIpc) is 3.37. The molecule has 2 aromatic carbocycles. The Morgan fingerprint density at radius 3 is 2.91 bits per heavy atom. The van der Waals surface area contributed by atoms with Crippen molar-refractivity contribution >= 4 is 17.6 Å². The zero-order chi connectivity index (χ0) is 22.7. The highest BCUT2D eigenvalue weighted by atomic mass is 19.1. The first-order valence-electron chi connectivity index (χ1n) is 10.5. The molecule has 8 nitrogen and oxygen atoms in total. The molecule has 1 aliphatic rings. The van der Waals surface area contributed by atoms with E-state index in [0.29, 0.717) is 31.3 Å². The second-order valence-corrected chi connectivity index (χ2v) is 7.89. The van der Waals surface area contributed by atoms with Crippen molar-refractivity contribution in [1.82, 2.24) is 15.5 Å². The van der Waals surface area contributed by atoms with Gasteiger partial charge >= 0.3 is 5.97 Å². The maximum atomic E-state index is 14.6. The lowest BCUT2D eigenvalue weighted by molar-refractivity contribution is -0.136. The molecule has 0 saturated carbocycles. The predicted molar refractivity (Wildman–Crippen MR) is 117 cm³/mol. The summed E-state index contributed by atoms with van der Waals surface area (Å²) in [5.74, 6) is -0.362. The van der Waals surface area contributed by atoms with Gasteiger partial charge in [-0.05, 0) is 54.8 Å². The van der Waals surface area contributed by atoms with Gasteiger partial charge in [0, 0.05) is 31.4 Å². The molecule has 1 aliphatic heterocycles. The summed E-state index contributed by atoms with van der Waals surface area (Å²) in [5, 5.41) is 15.9. The van der Waals surface area contributed by atoms with Gasteiger partial charge in [-0.1, -0.05) is 12.1 Å². The monoisotopic (exact) mass is 440 g/mol. The normalized spacial score (nSPS) is 12.9. The fraction of sp³-hybridized carbons (Fsp3) is 0.348. The molecule has 0 atom stereocenters. The smallest absolute Gasteiger partial charge is 0.304 e. The molecule has 2 N–H and O–H groups in total. The molecule has 0 bridgehead atoms. The Bertz CT molecular complexity index is 1120. The Labute approximate surface area is 185 Å². The van der Waals surface area contributed by atoms with Gasteiger partial charge in [0.1, 0.15) is 11.6 Å². The summed E-state index contributed by atoms with van der Waals surface area (Å²) in [6.45, 7) is 5.47. The highest BCUT2D eigenvalue weighted by molar-refractivity contribution is 5.68. The van der Waals surface area contributed by atoms with Crippen molar-refractivity contribution < 1.29 is 23.6 Å². The molecule has 0 fully saturated rings. The maximum absolute atomic E-state index is 14.6. The van der Waals surface area contributed by atoms with Crippen molar-refractivity contribution in [2.75, 3.05) is 18.0 Å². The lowest BCUT2D eigenvalue weighted by Gasteiger charge is -2.14. The number of nitrogens with one attached hydrogen (secondary N) is 1. The van der Waals surface area contributed by atoms with E-state index in [9.17, 15) is 9.18 Å². The molecular formula is C23H25FN4O4. The fourth-order valence-electron chi connectivity index (χ4n) is 3.65. The lowest BCUT2D eigenvalue weighted by atomic mass is 10.1. The number of fused-ring (bicyclic) bond motifs is 1. The Balaban J connectivity index is 1.46. The number of rotatable bonds is 9. The van der Waals surface area contributed by atoms with E-state index >= 15 is 0 Å². The molecule has 4 rings (SSSR count). The predicted octanol–water partition coefficient (Wildman–Crippen LogP) is 3.92. The van der Waals surface area contributed by atoms with Crippen LogP contribution >= 0.6 is 0 Å². The van der Waals surface area contributed by atoms with Crippen molar-refractivity contribution in [3.63, 3.8) is 0 Å². The van der Waals surface area contributed by atoms with Crippen LogP contribution in [-0.2, 0) is 17.8 Å². The summed E-state index contributed by atoms with van der Waals surface area (Å²) in [4.78, 5) is 17.0. The topological polar surface area (TPSA) is 101 Å². The first-order chi connectivity index (χ1) is 15.4.